The van der Waals surface area contributed by atoms with Crippen LogP contribution in [0.25, 0.3) is 4.91 Å². The summed E-state index contributed by atoms with van der Waals surface area (Å²) >= 11 is 0. The normalized spacial score (nSPS) is 19.8. The zero-order chi connectivity index (χ0) is 21.4. The number of nitrogens with one attached hydrogen (secondary N) is 1. The van der Waals surface area contributed by atoms with Gasteiger partial charge in [0.05, 0.1) is 0 Å². The molecule has 0 spiro atoms. The van der Waals surface area contributed by atoms with Crippen LogP contribution in [0.1, 0.15) is 25.3 Å². The second kappa shape index (κ2) is 7.93. The quantitative estimate of drug-likeness (QED) is 0.769. The summed E-state index contributed by atoms with van der Waals surface area (Å²) < 4.78 is 57.1. The third-order valence-electron chi connectivity index (χ3n) is 5.24. The number of hydrogen-bond acceptors (Lipinski definition) is 6. The molecule has 10 heteroatoms. The van der Waals surface area contributed by atoms with Gasteiger partial charge in [-0.2, -0.15) is 8.42 Å². The summed E-state index contributed by atoms with van der Waals surface area (Å²) in [6.45, 7) is 2.78. The number of aromatic nitrogens is 1. The third kappa shape index (κ3) is 4.03. The molecule has 1 aromatic carbocycles. The molecule has 1 N–H and O–H groups in total. The van der Waals surface area contributed by atoms with Crippen molar-refractivity contribution in [2.45, 2.75) is 30.7 Å². The van der Waals surface area contributed by atoms with Gasteiger partial charge in [0, 0.05) is 37.1 Å². The number of sulfonamides is 2. The highest BCUT2D eigenvalue weighted by molar-refractivity contribution is 8.00. The number of amidine groups is 1. The SMILES string of the molecule is CC1=C(c2ccccc2)S(=O)(=O)N=C1N1CCC(NS(=O)(=O)c2cccnc2)CC1. The minimum absolute atomic E-state index is 0.130. The maximum Gasteiger partial charge on any atom is 0.285 e. The van der Waals surface area contributed by atoms with Crippen molar-refractivity contribution in [3.05, 3.63) is 66.0 Å². The van der Waals surface area contributed by atoms with Crippen LogP contribution in [0, 0.1) is 0 Å². The van der Waals surface area contributed by atoms with Crippen LogP contribution in [-0.4, -0.2) is 51.7 Å². The summed E-state index contributed by atoms with van der Waals surface area (Å²) in [6, 6.07) is 11.8. The standard InChI is InChI=1S/C20H22N4O4S2/c1-15-19(16-6-3-2-4-7-16)30(27,28)23-20(15)24-12-9-17(10-13-24)22-29(25,26)18-8-5-11-21-14-18/h2-8,11,14,17,22H,9-10,12-13H2,1H3. The predicted octanol–water partition coefficient (Wildman–Crippen LogP) is 2.00. The van der Waals surface area contributed by atoms with E-state index < -0.39 is 20.0 Å². The lowest BCUT2D eigenvalue weighted by atomic mass is 10.0. The largest absolute Gasteiger partial charge is 0.356 e. The minimum atomic E-state index is -3.76. The molecule has 3 heterocycles. The van der Waals surface area contributed by atoms with Crippen LogP contribution >= 0.6 is 0 Å². The second-order valence-electron chi connectivity index (χ2n) is 7.28. The van der Waals surface area contributed by atoms with Crippen LogP contribution in [-0.2, 0) is 20.0 Å². The Morgan fingerprint density at radius 2 is 1.77 bits per heavy atom. The zero-order valence-electron chi connectivity index (χ0n) is 16.4. The van der Waals surface area contributed by atoms with Crippen LogP contribution in [0.2, 0.25) is 0 Å². The smallest absolute Gasteiger partial charge is 0.285 e. The van der Waals surface area contributed by atoms with Gasteiger partial charge in [0.25, 0.3) is 10.0 Å². The van der Waals surface area contributed by atoms with Crippen LogP contribution in [0.3, 0.4) is 0 Å². The Morgan fingerprint density at radius 3 is 2.40 bits per heavy atom. The first kappa shape index (κ1) is 20.7. The fraction of sp³-hybridized carbons (Fsp3) is 0.300. The molecule has 8 nitrogen and oxygen atoms in total. The van der Waals surface area contributed by atoms with Gasteiger partial charge in [0.15, 0.2) is 0 Å². The van der Waals surface area contributed by atoms with Gasteiger partial charge < -0.3 is 4.90 Å². The van der Waals surface area contributed by atoms with Crippen molar-refractivity contribution in [1.29, 1.82) is 0 Å². The first-order chi connectivity index (χ1) is 14.3. The molecular weight excluding hydrogens is 424 g/mol. The number of nitrogens with zero attached hydrogens (tertiary/aromatic N) is 3. The minimum Gasteiger partial charge on any atom is -0.356 e. The van der Waals surface area contributed by atoms with E-state index in [2.05, 4.69) is 14.1 Å². The van der Waals surface area contributed by atoms with E-state index in [1.807, 2.05) is 11.0 Å². The van der Waals surface area contributed by atoms with E-state index >= 15 is 0 Å². The molecular formula is C20H22N4O4S2. The van der Waals surface area contributed by atoms with E-state index in [9.17, 15) is 16.8 Å². The average Bonchev–Trinajstić information content (AvgIpc) is 2.98. The van der Waals surface area contributed by atoms with E-state index in [0.717, 1.165) is 0 Å². The molecule has 158 valence electrons. The van der Waals surface area contributed by atoms with Gasteiger partial charge in [-0.3, -0.25) is 4.98 Å². The average molecular weight is 447 g/mol. The van der Waals surface area contributed by atoms with Crippen molar-refractivity contribution < 1.29 is 16.8 Å². The van der Waals surface area contributed by atoms with Crippen LogP contribution in [0.5, 0.6) is 0 Å². The summed E-state index contributed by atoms with van der Waals surface area (Å²) in [6.07, 6.45) is 3.93. The number of hydrogen-bond donors (Lipinski definition) is 1. The van der Waals surface area contributed by atoms with Crippen molar-refractivity contribution >= 4 is 30.8 Å². The van der Waals surface area contributed by atoms with Crippen molar-refractivity contribution in [3.63, 3.8) is 0 Å². The van der Waals surface area contributed by atoms with Crippen LogP contribution in [0.4, 0.5) is 0 Å². The Morgan fingerprint density at radius 1 is 1.07 bits per heavy atom. The van der Waals surface area contributed by atoms with Crippen molar-refractivity contribution in [1.82, 2.24) is 14.6 Å². The molecule has 0 bridgehead atoms. The van der Waals surface area contributed by atoms with E-state index in [-0.39, 0.29) is 15.8 Å². The van der Waals surface area contributed by atoms with Gasteiger partial charge in [-0.1, -0.05) is 30.3 Å². The lowest BCUT2D eigenvalue weighted by molar-refractivity contribution is 0.302. The van der Waals surface area contributed by atoms with Gasteiger partial charge >= 0.3 is 0 Å². The highest BCUT2D eigenvalue weighted by Gasteiger charge is 2.35. The number of benzene rings is 1. The van der Waals surface area contributed by atoms with Crippen molar-refractivity contribution in [2.75, 3.05) is 13.1 Å². The monoisotopic (exact) mass is 446 g/mol. The van der Waals surface area contributed by atoms with E-state index in [1.54, 1.807) is 37.3 Å². The van der Waals surface area contributed by atoms with Gasteiger partial charge in [-0.15, -0.1) is 4.40 Å². The fourth-order valence-corrected chi connectivity index (χ4v) is 6.53. The molecule has 4 rings (SSSR count). The molecule has 0 aliphatic carbocycles. The summed E-state index contributed by atoms with van der Waals surface area (Å²) in [7, 11) is -7.40. The van der Waals surface area contributed by atoms with Gasteiger partial charge in [0.2, 0.25) is 10.0 Å². The van der Waals surface area contributed by atoms with Crippen LogP contribution < -0.4 is 4.72 Å². The maximum absolute atomic E-state index is 12.7. The lowest BCUT2D eigenvalue weighted by Gasteiger charge is -2.33. The highest BCUT2D eigenvalue weighted by atomic mass is 32.2. The Kier molecular flexibility index (Phi) is 5.48. The van der Waals surface area contributed by atoms with Crippen molar-refractivity contribution in [2.24, 2.45) is 4.40 Å². The molecule has 1 aromatic heterocycles. The van der Waals surface area contributed by atoms with Crippen LogP contribution in [0.15, 0.2) is 69.7 Å². The zero-order valence-corrected chi connectivity index (χ0v) is 18.0. The van der Waals surface area contributed by atoms with E-state index in [4.69, 9.17) is 0 Å². The van der Waals surface area contributed by atoms with E-state index in [1.165, 1.54) is 18.5 Å². The molecule has 2 aliphatic heterocycles. The number of likely N-dealkylation sites (tertiary alicyclic amines) is 1. The topological polar surface area (TPSA) is 109 Å². The second-order valence-corrected chi connectivity index (χ2v) is 10.5. The summed E-state index contributed by atoms with van der Waals surface area (Å²) in [4.78, 5) is 6.14. The van der Waals surface area contributed by atoms with E-state index in [0.29, 0.717) is 42.9 Å². The molecule has 0 radical (unpaired) electrons. The Balaban J connectivity index is 1.48. The number of rotatable bonds is 4. The fourth-order valence-electron chi connectivity index (χ4n) is 3.78. The maximum atomic E-state index is 12.7. The van der Waals surface area contributed by atoms with Crippen molar-refractivity contribution in [3.8, 4) is 0 Å². The molecule has 30 heavy (non-hydrogen) atoms. The lowest BCUT2D eigenvalue weighted by Crippen LogP contribution is -2.46. The Labute approximate surface area is 176 Å². The number of pyridine rings is 1. The predicted molar refractivity (Wildman–Crippen MR) is 115 cm³/mol. The molecule has 0 atom stereocenters. The van der Waals surface area contributed by atoms with Gasteiger partial charge in [0.1, 0.15) is 15.6 Å². The Bertz CT molecular complexity index is 1200. The molecule has 1 saturated heterocycles. The highest BCUT2D eigenvalue weighted by Crippen LogP contribution is 2.34. The van der Waals surface area contributed by atoms with Gasteiger partial charge in [-0.05, 0) is 37.5 Å². The molecule has 2 aromatic rings. The molecule has 0 amide bonds. The first-order valence-corrected chi connectivity index (χ1v) is 12.5. The molecule has 0 saturated carbocycles. The Hall–Kier alpha value is -2.56. The number of piperidine rings is 1. The summed E-state index contributed by atoms with van der Waals surface area (Å²) in [5, 5.41) is 0. The van der Waals surface area contributed by atoms with Gasteiger partial charge in [-0.25, -0.2) is 13.1 Å². The third-order valence-corrected chi connectivity index (χ3v) is 8.21. The summed E-state index contributed by atoms with van der Waals surface area (Å²) in [5.41, 5.74) is 1.24. The molecule has 2 aliphatic rings. The first-order valence-electron chi connectivity index (χ1n) is 9.57. The molecule has 1 fully saturated rings. The summed E-state index contributed by atoms with van der Waals surface area (Å²) in [5.74, 6) is 0.447. The molecule has 0 unspecified atom stereocenters.